The first kappa shape index (κ1) is 17.5. The van der Waals surface area contributed by atoms with Crippen LogP contribution in [0.1, 0.15) is 27.0 Å². The molecule has 1 aliphatic heterocycles. The molecule has 0 radical (unpaired) electrons. The van der Waals surface area contributed by atoms with Crippen LogP contribution >= 0.6 is 0 Å². The zero-order valence-corrected chi connectivity index (χ0v) is 15.2. The summed E-state index contributed by atoms with van der Waals surface area (Å²) in [6, 6.07) is 8.65. The van der Waals surface area contributed by atoms with Gasteiger partial charge >= 0.3 is 0 Å². The van der Waals surface area contributed by atoms with E-state index in [1.807, 2.05) is 18.2 Å². The van der Waals surface area contributed by atoms with Gasteiger partial charge in [-0.15, -0.1) is 0 Å². The van der Waals surface area contributed by atoms with Crippen LogP contribution in [-0.4, -0.2) is 31.1 Å². The molecule has 1 amide bonds. The number of carbonyl (C=O) groups excluding carboxylic acids is 1. The highest BCUT2D eigenvalue weighted by Gasteiger charge is 2.21. The fourth-order valence-electron chi connectivity index (χ4n) is 3.79. The summed E-state index contributed by atoms with van der Waals surface area (Å²) < 4.78 is 19.5. The van der Waals surface area contributed by atoms with Crippen LogP contribution in [0.25, 0.3) is 10.9 Å². The van der Waals surface area contributed by atoms with Gasteiger partial charge in [0.05, 0.1) is 7.11 Å². The van der Waals surface area contributed by atoms with Gasteiger partial charge in [-0.2, -0.15) is 0 Å². The van der Waals surface area contributed by atoms with Crippen molar-refractivity contribution < 1.29 is 13.9 Å². The molecule has 6 heteroatoms. The maximum Gasteiger partial charge on any atom is 0.251 e. The van der Waals surface area contributed by atoms with Crippen LogP contribution in [-0.2, 0) is 19.4 Å². The Hall–Kier alpha value is -2.86. The van der Waals surface area contributed by atoms with Crippen molar-refractivity contribution in [1.82, 2.24) is 15.6 Å². The van der Waals surface area contributed by atoms with E-state index in [9.17, 15) is 9.18 Å². The number of hydrogen-bond acceptors (Lipinski definition) is 3. The minimum absolute atomic E-state index is 0.101. The molecule has 0 saturated heterocycles. The van der Waals surface area contributed by atoms with Crippen molar-refractivity contribution >= 4 is 16.8 Å². The van der Waals surface area contributed by atoms with Crippen LogP contribution in [0.15, 0.2) is 36.5 Å². The molecule has 0 aliphatic carbocycles. The van der Waals surface area contributed by atoms with Crippen molar-refractivity contribution in [3.8, 4) is 5.75 Å². The number of carbonyl (C=O) groups is 1. The maximum absolute atomic E-state index is 14.1. The molecule has 0 saturated carbocycles. The second kappa shape index (κ2) is 7.40. The van der Waals surface area contributed by atoms with Crippen molar-refractivity contribution in [3.05, 3.63) is 64.6 Å². The topological polar surface area (TPSA) is 66.1 Å². The lowest BCUT2D eigenvalue weighted by atomic mass is 9.94. The summed E-state index contributed by atoms with van der Waals surface area (Å²) >= 11 is 0. The Kier molecular flexibility index (Phi) is 4.81. The Balaban J connectivity index is 1.48. The highest BCUT2D eigenvalue weighted by molar-refractivity contribution is 5.96. The molecule has 1 aromatic heterocycles. The third-order valence-corrected chi connectivity index (χ3v) is 5.12. The third-order valence-electron chi connectivity index (χ3n) is 5.12. The van der Waals surface area contributed by atoms with Crippen LogP contribution in [0.3, 0.4) is 0 Å². The predicted molar refractivity (Wildman–Crippen MR) is 103 cm³/mol. The van der Waals surface area contributed by atoms with Crippen molar-refractivity contribution in [2.45, 2.75) is 19.4 Å². The first-order chi connectivity index (χ1) is 13.2. The van der Waals surface area contributed by atoms with Crippen LogP contribution in [0.2, 0.25) is 0 Å². The molecule has 0 fully saturated rings. The van der Waals surface area contributed by atoms with Crippen molar-refractivity contribution in [1.29, 1.82) is 0 Å². The van der Waals surface area contributed by atoms with Gasteiger partial charge in [-0.1, -0.05) is 6.07 Å². The van der Waals surface area contributed by atoms with E-state index in [2.05, 4.69) is 15.6 Å². The van der Waals surface area contributed by atoms with Gasteiger partial charge in [-0.3, -0.25) is 4.79 Å². The molecule has 2 aromatic carbocycles. The monoisotopic (exact) mass is 367 g/mol. The van der Waals surface area contributed by atoms with E-state index >= 15 is 0 Å². The van der Waals surface area contributed by atoms with Crippen LogP contribution in [0.5, 0.6) is 5.75 Å². The molecule has 1 aliphatic rings. The van der Waals surface area contributed by atoms with Crippen LogP contribution in [0.4, 0.5) is 4.39 Å². The van der Waals surface area contributed by atoms with Gasteiger partial charge < -0.3 is 20.4 Å². The normalized spacial score (nSPS) is 13.4. The number of H-pyrrole nitrogens is 1. The summed E-state index contributed by atoms with van der Waals surface area (Å²) in [4.78, 5) is 15.8. The highest BCUT2D eigenvalue weighted by atomic mass is 19.1. The van der Waals surface area contributed by atoms with E-state index in [1.165, 1.54) is 6.07 Å². The molecular formula is C21H22FN3O2. The lowest BCUT2D eigenvalue weighted by Crippen LogP contribution is -2.30. The van der Waals surface area contributed by atoms with E-state index in [0.717, 1.165) is 40.9 Å². The standard InChI is InChI=1S/C21H22FN3O2/c1-27-19-6-5-15(14-8-9-23-12-16(14)19)21(26)24-10-7-13-11-25-18-4-2-3-17(22)20(13)18/h2-6,11,23,25H,7-10,12H2,1H3,(H,24,26). The second-order valence-electron chi connectivity index (χ2n) is 6.68. The maximum atomic E-state index is 14.1. The van der Waals surface area contributed by atoms with E-state index in [0.29, 0.717) is 30.5 Å². The van der Waals surface area contributed by atoms with Gasteiger partial charge in [0, 0.05) is 41.3 Å². The minimum Gasteiger partial charge on any atom is -0.496 e. The molecule has 27 heavy (non-hydrogen) atoms. The lowest BCUT2D eigenvalue weighted by Gasteiger charge is -2.22. The van der Waals surface area contributed by atoms with Gasteiger partial charge in [0.15, 0.2) is 0 Å². The Morgan fingerprint density at radius 2 is 2.15 bits per heavy atom. The Bertz CT molecular complexity index is 997. The van der Waals surface area contributed by atoms with Gasteiger partial charge in [0.25, 0.3) is 5.91 Å². The molecule has 0 bridgehead atoms. The van der Waals surface area contributed by atoms with Crippen LogP contribution in [0, 0.1) is 5.82 Å². The smallest absolute Gasteiger partial charge is 0.251 e. The number of hydrogen-bond donors (Lipinski definition) is 3. The summed E-state index contributed by atoms with van der Waals surface area (Å²) in [6.07, 6.45) is 3.16. The average molecular weight is 367 g/mol. The second-order valence-corrected chi connectivity index (χ2v) is 6.68. The molecule has 0 spiro atoms. The largest absolute Gasteiger partial charge is 0.496 e. The van der Waals surface area contributed by atoms with Gasteiger partial charge in [-0.25, -0.2) is 4.39 Å². The number of halogens is 1. The Morgan fingerprint density at radius 1 is 1.26 bits per heavy atom. The van der Waals surface area contributed by atoms with Crippen molar-refractivity contribution in [2.75, 3.05) is 20.2 Å². The summed E-state index contributed by atoms with van der Waals surface area (Å²) in [7, 11) is 1.64. The molecule has 3 aromatic rings. The molecular weight excluding hydrogens is 345 g/mol. The quantitative estimate of drug-likeness (QED) is 0.650. The van der Waals surface area contributed by atoms with Crippen LogP contribution < -0.4 is 15.4 Å². The number of benzene rings is 2. The van der Waals surface area contributed by atoms with Gasteiger partial charge in [0.2, 0.25) is 0 Å². The molecule has 0 atom stereocenters. The number of amides is 1. The van der Waals surface area contributed by atoms with E-state index in [4.69, 9.17) is 4.74 Å². The van der Waals surface area contributed by atoms with E-state index < -0.39 is 0 Å². The van der Waals surface area contributed by atoms with Gasteiger partial charge in [-0.05, 0) is 54.8 Å². The highest BCUT2D eigenvalue weighted by Crippen LogP contribution is 2.28. The summed E-state index contributed by atoms with van der Waals surface area (Å²) in [5, 5.41) is 6.88. The average Bonchev–Trinajstić information content (AvgIpc) is 3.11. The van der Waals surface area contributed by atoms with Crippen molar-refractivity contribution in [2.24, 2.45) is 0 Å². The SMILES string of the molecule is COc1ccc(C(=O)NCCc2c[nH]c3cccc(F)c23)c2c1CNCC2. The minimum atomic E-state index is -0.244. The number of fused-ring (bicyclic) bond motifs is 2. The number of aromatic amines is 1. The predicted octanol–water partition coefficient (Wildman–Crippen LogP) is 2.93. The number of rotatable bonds is 5. The van der Waals surface area contributed by atoms with Gasteiger partial charge in [0.1, 0.15) is 11.6 Å². The number of ether oxygens (including phenoxy) is 1. The zero-order valence-electron chi connectivity index (χ0n) is 15.2. The fraction of sp³-hybridized carbons (Fsp3) is 0.286. The third kappa shape index (κ3) is 3.28. The molecule has 5 nitrogen and oxygen atoms in total. The van der Waals surface area contributed by atoms with Crippen molar-refractivity contribution in [3.63, 3.8) is 0 Å². The lowest BCUT2D eigenvalue weighted by molar-refractivity contribution is 0.0953. The molecule has 140 valence electrons. The number of aromatic nitrogens is 1. The Morgan fingerprint density at radius 3 is 3.00 bits per heavy atom. The zero-order chi connectivity index (χ0) is 18.8. The number of methoxy groups -OCH3 is 1. The first-order valence-electron chi connectivity index (χ1n) is 9.11. The fourth-order valence-corrected chi connectivity index (χ4v) is 3.79. The summed E-state index contributed by atoms with van der Waals surface area (Å²) in [5.41, 5.74) is 4.42. The van der Waals surface area contributed by atoms with E-state index in [-0.39, 0.29) is 11.7 Å². The first-order valence-corrected chi connectivity index (χ1v) is 9.11. The molecule has 2 heterocycles. The molecule has 3 N–H and O–H groups in total. The molecule has 0 unspecified atom stereocenters. The van der Waals surface area contributed by atoms with E-state index in [1.54, 1.807) is 19.4 Å². The Labute approximate surface area is 156 Å². The summed E-state index contributed by atoms with van der Waals surface area (Å²) in [5.74, 6) is 0.464. The molecule has 4 rings (SSSR count). The summed E-state index contributed by atoms with van der Waals surface area (Å²) in [6.45, 7) is 1.99. The number of nitrogens with one attached hydrogen (secondary N) is 3.